The minimum atomic E-state index is -0.258. The predicted octanol–water partition coefficient (Wildman–Crippen LogP) is 4.03. The summed E-state index contributed by atoms with van der Waals surface area (Å²) in [5, 5.41) is 6.46. The van der Waals surface area contributed by atoms with Crippen LogP contribution in [0.5, 0.6) is 0 Å². The summed E-state index contributed by atoms with van der Waals surface area (Å²) in [6.45, 7) is 5.15. The Morgan fingerprint density at radius 3 is 2.59 bits per heavy atom. The first-order chi connectivity index (χ1) is 12.5. The number of rotatable bonds is 6. The SMILES string of the molecule is COCC1(CNC(=O)c2cc(C)c(-c3ccc(F)cc3)s2)CCNCC1.Cl. The van der Waals surface area contributed by atoms with Crippen LogP contribution in [0, 0.1) is 18.2 Å². The van der Waals surface area contributed by atoms with Crippen molar-refractivity contribution in [3.63, 3.8) is 0 Å². The molecule has 1 fully saturated rings. The van der Waals surface area contributed by atoms with Gasteiger partial charge in [0.2, 0.25) is 0 Å². The molecule has 1 aliphatic heterocycles. The summed E-state index contributed by atoms with van der Waals surface area (Å²) in [4.78, 5) is 14.4. The molecule has 0 radical (unpaired) electrons. The zero-order chi connectivity index (χ0) is 18.6. The third-order valence-corrected chi connectivity index (χ3v) is 6.27. The van der Waals surface area contributed by atoms with Gasteiger partial charge < -0.3 is 15.4 Å². The number of amides is 1. The number of halogens is 2. The van der Waals surface area contributed by atoms with Crippen molar-refractivity contribution in [2.75, 3.05) is 33.4 Å². The van der Waals surface area contributed by atoms with Gasteiger partial charge in [-0.05, 0) is 62.2 Å². The molecule has 0 saturated carbocycles. The standard InChI is InChI=1S/C20H25FN2O2S.ClH/c1-14-11-17(26-18(14)15-3-5-16(21)6-4-15)19(24)23-12-20(13-25-2)7-9-22-10-8-20;/h3-6,11,22H,7-10,12-13H2,1-2H3,(H,23,24);1H. The molecule has 1 aliphatic rings. The molecule has 2 aromatic rings. The highest BCUT2D eigenvalue weighted by Gasteiger charge is 2.32. The van der Waals surface area contributed by atoms with Gasteiger partial charge in [0.1, 0.15) is 5.82 Å². The van der Waals surface area contributed by atoms with Crippen molar-refractivity contribution in [2.45, 2.75) is 19.8 Å². The Hall–Kier alpha value is -1.47. The van der Waals surface area contributed by atoms with Gasteiger partial charge in [0.15, 0.2) is 0 Å². The fourth-order valence-electron chi connectivity index (χ4n) is 3.47. The topological polar surface area (TPSA) is 50.4 Å². The molecule has 0 aliphatic carbocycles. The Morgan fingerprint density at radius 2 is 1.96 bits per heavy atom. The van der Waals surface area contributed by atoms with Crippen LogP contribution in [-0.4, -0.2) is 39.3 Å². The summed E-state index contributed by atoms with van der Waals surface area (Å²) in [6.07, 6.45) is 1.98. The van der Waals surface area contributed by atoms with Crippen molar-refractivity contribution in [1.82, 2.24) is 10.6 Å². The van der Waals surface area contributed by atoms with Crippen molar-refractivity contribution in [2.24, 2.45) is 5.41 Å². The molecule has 1 amide bonds. The number of carbonyl (C=O) groups excluding carboxylic acids is 1. The molecule has 0 bridgehead atoms. The van der Waals surface area contributed by atoms with E-state index < -0.39 is 0 Å². The van der Waals surface area contributed by atoms with Crippen molar-refractivity contribution in [3.8, 4) is 10.4 Å². The van der Waals surface area contributed by atoms with Gasteiger partial charge >= 0.3 is 0 Å². The average Bonchev–Trinajstić information content (AvgIpc) is 3.03. The summed E-state index contributed by atoms with van der Waals surface area (Å²) < 4.78 is 18.5. The molecule has 0 atom stereocenters. The number of hydrogen-bond donors (Lipinski definition) is 2. The van der Waals surface area contributed by atoms with E-state index in [1.807, 2.05) is 13.0 Å². The monoisotopic (exact) mass is 412 g/mol. The van der Waals surface area contributed by atoms with Gasteiger partial charge in [-0.2, -0.15) is 0 Å². The fraction of sp³-hybridized carbons (Fsp3) is 0.450. The lowest BCUT2D eigenvalue weighted by atomic mass is 9.79. The summed E-state index contributed by atoms with van der Waals surface area (Å²) in [5.41, 5.74) is 1.96. The van der Waals surface area contributed by atoms with Crippen LogP contribution in [0.4, 0.5) is 4.39 Å². The first-order valence-electron chi connectivity index (χ1n) is 8.87. The highest BCUT2D eigenvalue weighted by molar-refractivity contribution is 7.17. The maximum absolute atomic E-state index is 13.1. The number of carbonyl (C=O) groups is 1. The van der Waals surface area contributed by atoms with E-state index in [0.29, 0.717) is 18.0 Å². The van der Waals surface area contributed by atoms with Gasteiger partial charge in [-0.3, -0.25) is 4.79 Å². The normalized spacial score (nSPS) is 15.8. The summed E-state index contributed by atoms with van der Waals surface area (Å²) in [6, 6.07) is 8.29. The van der Waals surface area contributed by atoms with Crippen LogP contribution in [0.25, 0.3) is 10.4 Å². The first kappa shape index (κ1) is 21.8. The van der Waals surface area contributed by atoms with Crippen molar-refractivity contribution >= 4 is 29.7 Å². The molecule has 148 valence electrons. The predicted molar refractivity (Wildman–Crippen MR) is 110 cm³/mol. The Labute approximate surface area is 169 Å². The zero-order valence-electron chi connectivity index (χ0n) is 15.6. The number of ether oxygens (including phenoxy) is 1. The Kier molecular flexibility index (Phi) is 7.79. The van der Waals surface area contributed by atoms with E-state index >= 15 is 0 Å². The summed E-state index contributed by atoms with van der Waals surface area (Å²) >= 11 is 1.45. The lowest BCUT2D eigenvalue weighted by molar-refractivity contribution is 0.0512. The highest BCUT2D eigenvalue weighted by Crippen LogP contribution is 2.33. The number of methoxy groups -OCH3 is 1. The molecule has 1 aromatic carbocycles. The maximum atomic E-state index is 13.1. The molecule has 1 saturated heterocycles. The first-order valence-corrected chi connectivity index (χ1v) is 9.69. The van der Waals surface area contributed by atoms with Gasteiger partial charge in [-0.1, -0.05) is 12.1 Å². The second kappa shape index (κ2) is 9.64. The van der Waals surface area contributed by atoms with Crippen LogP contribution >= 0.6 is 23.7 Å². The van der Waals surface area contributed by atoms with Gasteiger partial charge in [0.25, 0.3) is 5.91 Å². The number of hydrogen-bond acceptors (Lipinski definition) is 4. The van der Waals surface area contributed by atoms with Crippen molar-refractivity contribution in [1.29, 1.82) is 0 Å². The Morgan fingerprint density at radius 1 is 1.30 bits per heavy atom. The van der Waals surface area contributed by atoms with Gasteiger partial charge in [-0.15, -0.1) is 23.7 Å². The van der Waals surface area contributed by atoms with Crippen LogP contribution in [0.15, 0.2) is 30.3 Å². The number of piperidine rings is 1. The van der Waals surface area contributed by atoms with Gasteiger partial charge in [0.05, 0.1) is 11.5 Å². The molecule has 27 heavy (non-hydrogen) atoms. The maximum Gasteiger partial charge on any atom is 0.261 e. The third-order valence-electron chi connectivity index (χ3n) is 4.99. The average molecular weight is 413 g/mol. The van der Waals surface area contributed by atoms with E-state index in [-0.39, 0.29) is 29.5 Å². The lowest BCUT2D eigenvalue weighted by Gasteiger charge is -2.37. The molecule has 1 aromatic heterocycles. The number of thiophene rings is 1. The molecule has 3 rings (SSSR count). The smallest absolute Gasteiger partial charge is 0.261 e. The lowest BCUT2D eigenvalue weighted by Crippen LogP contribution is -2.47. The van der Waals surface area contributed by atoms with Crippen LogP contribution < -0.4 is 10.6 Å². The Bertz CT molecular complexity index is 752. The van der Waals surface area contributed by atoms with E-state index in [2.05, 4.69) is 10.6 Å². The number of nitrogens with one attached hydrogen (secondary N) is 2. The number of benzene rings is 1. The van der Waals surface area contributed by atoms with Crippen LogP contribution in [0.1, 0.15) is 28.1 Å². The third kappa shape index (κ3) is 5.29. The molecule has 0 unspecified atom stereocenters. The summed E-state index contributed by atoms with van der Waals surface area (Å²) in [7, 11) is 1.71. The molecule has 2 heterocycles. The van der Waals surface area contributed by atoms with Crippen LogP contribution in [0.2, 0.25) is 0 Å². The largest absolute Gasteiger partial charge is 0.384 e. The quantitative estimate of drug-likeness (QED) is 0.753. The van der Waals surface area contributed by atoms with E-state index in [1.165, 1.54) is 23.5 Å². The minimum Gasteiger partial charge on any atom is -0.384 e. The van der Waals surface area contributed by atoms with E-state index in [1.54, 1.807) is 19.2 Å². The zero-order valence-corrected chi connectivity index (χ0v) is 17.3. The minimum absolute atomic E-state index is 0. The second-order valence-electron chi connectivity index (χ2n) is 7.00. The van der Waals surface area contributed by atoms with Gasteiger partial charge in [-0.25, -0.2) is 4.39 Å². The van der Waals surface area contributed by atoms with E-state index in [9.17, 15) is 9.18 Å². The van der Waals surface area contributed by atoms with Crippen molar-refractivity contribution < 1.29 is 13.9 Å². The molecule has 0 spiro atoms. The molecule has 7 heteroatoms. The molecular formula is C20H26ClFN2O2S. The van der Waals surface area contributed by atoms with Crippen LogP contribution in [0.3, 0.4) is 0 Å². The summed E-state index contributed by atoms with van der Waals surface area (Å²) in [5.74, 6) is -0.313. The molecular weight excluding hydrogens is 387 g/mol. The van der Waals surface area contributed by atoms with E-state index in [4.69, 9.17) is 4.74 Å². The Balaban J connectivity index is 0.00000261. The molecule has 4 nitrogen and oxygen atoms in total. The highest BCUT2D eigenvalue weighted by atomic mass is 35.5. The second-order valence-corrected chi connectivity index (χ2v) is 8.05. The van der Waals surface area contributed by atoms with Gasteiger partial charge in [0, 0.05) is 23.9 Å². The van der Waals surface area contributed by atoms with Crippen LogP contribution in [-0.2, 0) is 4.74 Å². The fourth-order valence-corrected chi connectivity index (χ4v) is 4.57. The van der Waals surface area contributed by atoms with Crippen molar-refractivity contribution in [3.05, 3.63) is 46.6 Å². The van der Waals surface area contributed by atoms with E-state index in [0.717, 1.165) is 41.9 Å². The number of aryl methyl sites for hydroxylation is 1. The molecule has 2 N–H and O–H groups in total.